The molecule has 0 saturated heterocycles. The van der Waals surface area contributed by atoms with Gasteiger partial charge in [0.05, 0.1) is 17.3 Å². The molecule has 1 atom stereocenters. The number of anilines is 1. The average Bonchev–Trinajstić information content (AvgIpc) is 2.75. The highest BCUT2D eigenvalue weighted by Gasteiger charge is 2.25. The summed E-state index contributed by atoms with van der Waals surface area (Å²) >= 11 is 7.67. The van der Waals surface area contributed by atoms with Gasteiger partial charge in [-0.15, -0.1) is 11.3 Å². The smallest absolute Gasteiger partial charge is 0.162 e. The molecule has 0 fully saturated rings. The van der Waals surface area contributed by atoms with Crippen molar-refractivity contribution >= 4 is 28.6 Å². The number of hydrogen-bond donors (Lipinski definition) is 1. The molecule has 1 aliphatic heterocycles. The first-order valence-electron chi connectivity index (χ1n) is 5.58. The maximum atomic E-state index is 13.2. The lowest BCUT2D eigenvalue weighted by molar-refractivity contribution is 0.213. The molecule has 0 aliphatic carbocycles. The van der Waals surface area contributed by atoms with Gasteiger partial charge in [-0.2, -0.15) is 0 Å². The SMILES string of the molecule is Cc1ccsc1C1CNc2cc(F)cc(Cl)c2O1. The van der Waals surface area contributed by atoms with Crippen molar-refractivity contribution in [1.82, 2.24) is 0 Å². The minimum Gasteiger partial charge on any atom is -0.479 e. The van der Waals surface area contributed by atoms with Crippen LogP contribution in [0.15, 0.2) is 23.6 Å². The summed E-state index contributed by atoms with van der Waals surface area (Å²) in [6.45, 7) is 2.67. The predicted molar refractivity (Wildman–Crippen MR) is 72.3 cm³/mol. The third kappa shape index (κ3) is 1.95. The minimum absolute atomic E-state index is 0.0690. The van der Waals surface area contributed by atoms with Gasteiger partial charge in [0, 0.05) is 10.9 Å². The molecule has 3 rings (SSSR count). The van der Waals surface area contributed by atoms with E-state index >= 15 is 0 Å². The Balaban J connectivity index is 1.96. The van der Waals surface area contributed by atoms with Crippen molar-refractivity contribution in [2.75, 3.05) is 11.9 Å². The normalized spacial score (nSPS) is 17.8. The Bertz CT molecular complexity index is 599. The van der Waals surface area contributed by atoms with Gasteiger partial charge in [-0.3, -0.25) is 0 Å². The zero-order valence-electron chi connectivity index (χ0n) is 9.67. The molecule has 0 spiro atoms. The van der Waals surface area contributed by atoms with E-state index in [4.69, 9.17) is 16.3 Å². The van der Waals surface area contributed by atoms with Crippen molar-refractivity contribution in [1.29, 1.82) is 0 Å². The van der Waals surface area contributed by atoms with E-state index in [9.17, 15) is 4.39 Å². The Hall–Kier alpha value is -1.26. The fraction of sp³-hybridized carbons (Fsp3) is 0.231. The Morgan fingerprint density at radius 3 is 3.06 bits per heavy atom. The first-order chi connectivity index (χ1) is 8.65. The fourth-order valence-electron chi connectivity index (χ4n) is 2.06. The number of rotatable bonds is 1. The summed E-state index contributed by atoms with van der Waals surface area (Å²) in [4.78, 5) is 1.17. The van der Waals surface area contributed by atoms with Gasteiger partial charge in [0.2, 0.25) is 0 Å². The van der Waals surface area contributed by atoms with Crippen molar-refractivity contribution in [2.45, 2.75) is 13.0 Å². The van der Waals surface area contributed by atoms with E-state index in [1.54, 1.807) is 11.3 Å². The molecule has 5 heteroatoms. The van der Waals surface area contributed by atoms with Gasteiger partial charge >= 0.3 is 0 Å². The molecule has 2 heterocycles. The minimum atomic E-state index is -0.361. The zero-order valence-corrected chi connectivity index (χ0v) is 11.2. The van der Waals surface area contributed by atoms with Gasteiger partial charge in [0.1, 0.15) is 5.82 Å². The van der Waals surface area contributed by atoms with Crippen LogP contribution in [0, 0.1) is 12.7 Å². The first-order valence-corrected chi connectivity index (χ1v) is 6.84. The summed E-state index contributed by atoms with van der Waals surface area (Å²) in [5, 5.41) is 5.51. The van der Waals surface area contributed by atoms with Crippen LogP contribution >= 0.6 is 22.9 Å². The lowest BCUT2D eigenvalue weighted by Gasteiger charge is -2.28. The summed E-state index contributed by atoms with van der Waals surface area (Å²) < 4.78 is 19.1. The molecular formula is C13H11ClFNOS. The maximum Gasteiger partial charge on any atom is 0.162 e. The lowest BCUT2D eigenvalue weighted by Crippen LogP contribution is -2.23. The molecule has 2 nitrogen and oxygen atoms in total. The van der Waals surface area contributed by atoms with Crippen LogP contribution in [0.25, 0.3) is 0 Å². The van der Waals surface area contributed by atoms with E-state index in [-0.39, 0.29) is 11.9 Å². The molecule has 1 aromatic carbocycles. The second-order valence-corrected chi connectivity index (χ2v) is 5.57. The molecule has 0 saturated carbocycles. The molecule has 0 bridgehead atoms. The highest BCUT2D eigenvalue weighted by Crippen LogP contribution is 2.41. The third-order valence-corrected chi connectivity index (χ3v) is 4.33. The average molecular weight is 284 g/mol. The van der Waals surface area contributed by atoms with E-state index in [1.165, 1.54) is 22.6 Å². The van der Waals surface area contributed by atoms with Gasteiger partial charge in [-0.25, -0.2) is 4.39 Å². The van der Waals surface area contributed by atoms with E-state index in [1.807, 2.05) is 5.38 Å². The van der Waals surface area contributed by atoms with Crippen LogP contribution in [-0.4, -0.2) is 6.54 Å². The van der Waals surface area contributed by atoms with Crippen molar-refractivity contribution in [3.63, 3.8) is 0 Å². The summed E-state index contributed by atoms with van der Waals surface area (Å²) in [5.74, 6) is 0.169. The molecule has 94 valence electrons. The number of hydrogen-bond acceptors (Lipinski definition) is 3. The Kier molecular flexibility index (Phi) is 2.92. The van der Waals surface area contributed by atoms with E-state index in [2.05, 4.69) is 18.3 Å². The molecule has 18 heavy (non-hydrogen) atoms. The Morgan fingerprint density at radius 1 is 1.50 bits per heavy atom. The van der Waals surface area contributed by atoms with Crippen molar-refractivity contribution < 1.29 is 9.13 Å². The summed E-state index contributed by atoms with van der Waals surface area (Å²) in [5.41, 5.74) is 1.82. The molecule has 2 aromatic rings. The number of aryl methyl sites for hydroxylation is 1. The fourth-order valence-corrected chi connectivity index (χ4v) is 3.27. The largest absolute Gasteiger partial charge is 0.479 e. The predicted octanol–water partition coefficient (Wildman–Crippen LogP) is 4.39. The summed E-state index contributed by atoms with van der Waals surface area (Å²) in [6, 6.07) is 4.73. The van der Waals surface area contributed by atoms with Crippen LogP contribution in [0.5, 0.6) is 5.75 Å². The number of nitrogens with one attached hydrogen (secondary N) is 1. The van der Waals surface area contributed by atoms with Crippen LogP contribution in [0.1, 0.15) is 16.5 Å². The van der Waals surface area contributed by atoms with Crippen molar-refractivity contribution in [3.8, 4) is 5.75 Å². The van der Waals surface area contributed by atoms with Gasteiger partial charge in [0.15, 0.2) is 11.9 Å². The Labute approximate surface area is 113 Å². The molecule has 0 radical (unpaired) electrons. The van der Waals surface area contributed by atoms with E-state index < -0.39 is 0 Å². The van der Waals surface area contributed by atoms with Crippen LogP contribution in [0.2, 0.25) is 5.02 Å². The van der Waals surface area contributed by atoms with Gasteiger partial charge < -0.3 is 10.1 Å². The number of benzene rings is 1. The molecule has 1 unspecified atom stereocenters. The third-order valence-electron chi connectivity index (χ3n) is 2.94. The van der Waals surface area contributed by atoms with Gasteiger partial charge in [-0.05, 0) is 30.0 Å². The van der Waals surface area contributed by atoms with Crippen LogP contribution in [0.4, 0.5) is 10.1 Å². The van der Waals surface area contributed by atoms with Gasteiger partial charge in [-0.1, -0.05) is 11.6 Å². The molecule has 1 aliphatic rings. The van der Waals surface area contributed by atoms with Crippen LogP contribution in [0.3, 0.4) is 0 Å². The highest BCUT2D eigenvalue weighted by molar-refractivity contribution is 7.10. The summed E-state index contributed by atoms with van der Waals surface area (Å²) in [6.07, 6.45) is -0.0690. The maximum absolute atomic E-state index is 13.2. The van der Waals surface area contributed by atoms with Crippen LogP contribution < -0.4 is 10.1 Å². The summed E-state index contributed by atoms with van der Waals surface area (Å²) in [7, 11) is 0. The van der Waals surface area contributed by atoms with Crippen molar-refractivity contribution in [3.05, 3.63) is 44.9 Å². The quantitative estimate of drug-likeness (QED) is 0.838. The number of fused-ring (bicyclic) bond motifs is 1. The number of halogens is 2. The monoisotopic (exact) mass is 283 g/mol. The van der Waals surface area contributed by atoms with Crippen LogP contribution in [-0.2, 0) is 0 Å². The van der Waals surface area contributed by atoms with E-state index in [0.717, 1.165) is 0 Å². The Morgan fingerprint density at radius 2 is 2.33 bits per heavy atom. The second kappa shape index (κ2) is 4.44. The molecule has 1 N–H and O–H groups in total. The number of thiophene rings is 1. The van der Waals surface area contributed by atoms with E-state index in [0.29, 0.717) is 23.0 Å². The standard InChI is InChI=1S/C13H11ClFNOS/c1-7-2-3-18-13(7)11-6-16-10-5-8(15)4-9(14)12(10)17-11/h2-5,11,16H,6H2,1H3. The topological polar surface area (TPSA) is 21.3 Å². The molecular weight excluding hydrogens is 273 g/mol. The van der Waals surface area contributed by atoms with Crippen molar-refractivity contribution in [2.24, 2.45) is 0 Å². The lowest BCUT2D eigenvalue weighted by atomic mass is 10.1. The second-order valence-electron chi connectivity index (χ2n) is 4.22. The zero-order chi connectivity index (χ0) is 12.7. The van der Waals surface area contributed by atoms with Gasteiger partial charge in [0.25, 0.3) is 0 Å². The molecule has 1 aromatic heterocycles. The number of ether oxygens (including phenoxy) is 1. The highest BCUT2D eigenvalue weighted by atomic mass is 35.5. The molecule has 0 amide bonds. The first kappa shape index (κ1) is 11.8.